The number of aromatic nitrogens is 2. The van der Waals surface area contributed by atoms with Gasteiger partial charge in [0.15, 0.2) is 0 Å². The van der Waals surface area contributed by atoms with Crippen LogP contribution in [0.25, 0.3) is 5.69 Å². The first-order valence-corrected chi connectivity index (χ1v) is 7.07. The fourth-order valence-corrected chi connectivity index (χ4v) is 2.26. The van der Waals surface area contributed by atoms with Crippen LogP contribution in [0.2, 0.25) is 0 Å². The lowest BCUT2D eigenvalue weighted by Crippen LogP contribution is -2.36. The molecule has 4 amide bonds. The van der Waals surface area contributed by atoms with Gasteiger partial charge in [0.25, 0.3) is 5.91 Å². The van der Waals surface area contributed by atoms with Gasteiger partial charge < -0.3 is 15.2 Å². The molecule has 0 radical (unpaired) electrons. The molecule has 1 aromatic heterocycles. The largest absolute Gasteiger partial charge is 0.352 e. The number of benzene rings is 1. The first-order chi connectivity index (χ1) is 11.1. The van der Waals surface area contributed by atoms with E-state index in [1.54, 1.807) is 12.5 Å². The summed E-state index contributed by atoms with van der Waals surface area (Å²) in [7, 11) is 0. The number of carbonyl (C=O) groups is 3. The van der Waals surface area contributed by atoms with Gasteiger partial charge in [-0.15, -0.1) is 0 Å². The van der Waals surface area contributed by atoms with Crippen LogP contribution in [-0.2, 0) is 16.1 Å². The summed E-state index contributed by atoms with van der Waals surface area (Å²) < 4.78 is 1.88. The molecule has 1 aliphatic rings. The van der Waals surface area contributed by atoms with Crippen molar-refractivity contribution in [2.45, 2.75) is 19.0 Å². The van der Waals surface area contributed by atoms with Gasteiger partial charge in [-0.25, -0.2) is 9.78 Å². The first kappa shape index (κ1) is 14.8. The predicted molar refractivity (Wildman–Crippen MR) is 80.5 cm³/mol. The van der Waals surface area contributed by atoms with Gasteiger partial charge in [-0.2, -0.15) is 0 Å². The minimum Gasteiger partial charge on any atom is -0.352 e. The third kappa shape index (κ3) is 3.54. The number of hydrogen-bond donors (Lipinski definition) is 3. The van der Waals surface area contributed by atoms with E-state index in [1.165, 1.54) is 0 Å². The lowest BCUT2D eigenvalue weighted by Gasteiger charge is -2.09. The van der Waals surface area contributed by atoms with Gasteiger partial charge in [-0.05, 0) is 17.7 Å². The van der Waals surface area contributed by atoms with E-state index in [0.29, 0.717) is 6.54 Å². The molecule has 1 atom stereocenters. The van der Waals surface area contributed by atoms with Crippen molar-refractivity contribution in [3.8, 4) is 5.69 Å². The number of imide groups is 1. The maximum absolute atomic E-state index is 11.8. The molecule has 0 saturated carbocycles. The van der Waals surface area contributed by atoms with E-state index in [1.807, 2.05) is 35.0 Å². The number of nitrogens with one attached hydrogen (secondary N) is 3. The van der Waals surface area contributed by atoms with Crippen molar-refractivity contribution in [2.24, 2.45) is 0 Å². The molecular formula is C15H15N5O3. The van der Waals surface area contributed by atoms with Crippen molar-refractivity contribution in [3.63, 3.8) is 0 Å². The highest BCUT2D eigenvalue weighted by Gasteiger charge is 2.31. The molecule has 0 aliphatic carbocycles. The van der Waals surface area contributed by atoms with Crippen LogP contribution in [-0.4, -0.2) is 33.4 Å². The Labute approximate surface area is 131 Å². The molecule has 1 saturated heterocycles. The monoisotopic (exact) mass is 313 g/mol. The van der Waals surface area contributed by atoms with Gasteiger partial charge in [-0.3, -0.25) is 14.9 Å². The van der Waals surface area contributed by atoms with Crippen molar-refractivity contribution in [1.29, 1.82) is 0 Å². The number of hydrogen-bond acceptors (Lipinski definition) is 4. The molecule has 2 heterocycles. The lowest BCUT2D eigenvalue weighted by atomic mass is 10.1. The van der Waals surface area contributed by atoms with Crippen molar-refractivity contribution >= 4 is 17.8 Å². The van der Waals surface area contributed by atoms with E-state index >= 15 is 0 Å². The van der Waals surface area contributed by atoms with Crippen LogP contribution < -0.4 is 16.0 Å². The molecule has 1 aliphatic heterocycles. The minimum absolute atomic E-state index is 0.0787. The molecule has 23 heavy (non-hydrogen) atoms. The van der Waals surface area contributed by atoms with Gasteiger partial charge in [0.05, 0.1) is 12.7 Å². The predicted octanol–water partition coefficient (Wildman–Crippen LogP) is 0.0866. The second kappa shape index (κ2) is 6.30. The summed E-state index contributed by atoms with van der Waals surface area (Å²) in [6, 6.07) is 6.29. The quantitative estimate of drug-likeness (QED) is 0.680. The Bertz CT molecular complexity index is 724. The Balaban J connectivity index is 1.51. The Morgan fingerprint density at radius 2 is 2.04 bits per heavy atom. The Kier molecular flexibility index (Phi) is 4.05. The van der Waals surface area contributed by atoms with Crippen LogP contribution in [0.3, 0.4) is 0 Å². The number of amides is 4. The average Bonchev–Trinajstić information content (AvgIpc) is 3.16. The molecule has 0 bridgehead atoms. The van der Waals surface area contributed by atoms with E-state index in [2.05, 4.69) is 20.9 Å². The molecule has 118 valence electrons. The van der Waals surface area contributed by atoms with Crippen LogP contribution in [0.5, 0.6) is 0 Å². The van der Waals surface area contributed by atoms with E-state index in [0.717, 1.165) is 11.3 Å². The van der Waals surface area contributed by atoms with Crippen molar-refractivity contribution in [3.05, 3.63) is 48.5 Å². The molecule has 0 unspecified atom stereocenters. The summed E-state index contributed by atoms with van der Waals surface area (Å²) in [5.74, 6) is -0.777. The highest BCUT2D eigenvalue weighted by molar-refractivity contribution is 6.05. The first-order valence-electron chi connectivity index (χ1n) is 7.07. The molecule has 8 heteroatoms. The van der Waals surface area contributed by atoms with Crippen LogP contribution in [0.1, 0.15) is 12.0 Å². The van der Waals surface area contributed by atoms with E-state index in [9.17, 15) is 14.4 Å². The second-order valence-electron chi connectivity index (χ2n) is 5.13. The highest BCUT2D eigenvalue weighted by Crippen LogP contribution is 2.09. The zero-order chi connectivity index (χ0) is 16.2. The van der Waals surface area contributed by atoms with Gasteiger partial charge >= 0.3 is 6.03 Å². The summed E-state index contributed by atoms with van der Waals surface area (Å²) >= 11 is 0. The van der Waals surface area contributed by atoms with Gasteiger partial charge in [0.1, 0.15) is 6.04 Å². The molecule has 8 nitrogen and oxygen atoms in total. The lowest BCUT2D eigenvalue weighted by molar-refractivity contribution is -0.126. The maximum Gasteiger partial charge on any atom is 0.322 e. The zero-order valence-corrected chi connectivity index (χ0v) is 12.2. The molecule has 0 spiro atoms. The summed E-state index contributed by atoms with van der Waals surface area (Å²) in [5, 5.41) is 7.20. The summed E-state index contributed by atoms with van der Waals surface area (Å²) in [4.78, 5) is 38.1. The molecule has 3 N–H and O–H groups in total. The molecule has 1 aromatic carbocycles. The third-order valence-corrected chi connectivity index (χ3v) is 3.48. The average molecular weight is 313 g/mol. The normalized spacial score (nSPS) is 16.8. The highest BCUT2D eigenvalue weighted by atomic mass is 16.2. The molecule has 2 aromatic rings. The smallest absolute Gasteiger partial charge is 0.322 e. The van der Waals surface area contributed by atoms with Crippen LogP contribution in [0.4, 0.5) is 4.79 Å². The Morgan fingerprint density at radius 1 is 1.26 bits per heavy atom. The molecular weight excluding hydrogens is 298 g/mol. The Morgan fingerprint density at radius 3 is 2.65 bits per heavy atom. The van der Waals surface area contributed by atoms with Crippen LogP contribution in [0.15, 0.2) is 43.0 Å². The maximum atomic E-state index is 11.8. The van der Waals surface area contributed by atoms with E-state index < -0.39 is 18.0 Å². The van der Waals surface area contributed by atoms with Gasteiger partial charge in [-0.1, -0.05) is 12.1 Å². The summed E-state index contributed by atoms with van der Waals surface area (Å²) in [6.07, 6.45) is 5.17. The Hall–Kier alpha value is -3.16. The van der Waals surface area contributed by atoms with E-state index in [4.69, 9.17) is 0 Å². The molecule has 1 fully saturated rings. The van der Waals surface area contributed by atoms with Crippen LogP contribution in [0, 0.1) is 0 Å². The van der Waals surface area contributed by atoms with Gasteiger partial charge in [0.2, 0.25) is 5.91 Å². The fraction of sp³-hybridized carbons (Fsp3) is 0.200. The SMILES string of the molecule is O=C(C[C@@H]1NC(=O)NC1=O)NCc1ccc(-n2ccnc2)cc1. The van der Waals surface area contributed by atoms with Gasteiger partial charge in [0, 0.05) is 24.6 Å². The molecule has 3 rings (SSSR count). The van der Waals surface area contributed by atoms with Crippen molar-refractivity contribution < 1.29 is 14.4 Å². The number of imidazole rings is 1. The topological polar surface area (TPSA) is 105 Å². The minimum atomic E-state index is -0.800. The second-order valence-corrected chi connectivity index (χ2v) is 5.13. The van der Waals surface area contributed by atoms with E-state index in [-0.39, 0.29) is 12.3 Å². The van der Waals surface area contributed by atoms with Crippen molar-refractivity contribution in [2.75, 3.05) is 0 Å². The standard InChI is InChI=1S/C15H15N5O3/c21-13(7-12-14(22)19-15(23)18-12)17-8-10-1-3-11(4-2-10)20-6-5-16-9-20/h1-6,9,12H,7-8H2,(H,17,21)(H2,18,19,22,23)/t12-/m0/s1. The zero-order valence-electron chi connectivity index (χ0n) is 12.2. The number of rotatable bonds is 5. The third-order valence-electron chi connectivity index (χ3n) is 3.48. The number of nitrogens with zero attached hydrogens (tertiary/aromatic N) is 2. The number of carbonyl (C=O) groups excluding carboxylic acids is 3. The summed E-state index contributed by atoms with van der Waals surface area (Å²) in [6.45, 7) is 0.353. The summed E-state index contributed by atoms with van der Waals surface area (Å²) in [5.41, 5.74) is 1.91. The van der Waals surface area contributed by atoms with Crippen LogP contribution >= 0.6 is 0 Å². The number of urea groups is 1. The fourth-order valence-electron chi connectivity index (χ4n) is 2.26. The van der Waals surface area contributed by atoms with Crippen molar-refractivity contribution in [1.82, 2.24) is 25.5 Å².